The molecule has 0 aromatic heterocycles. The second kappa shape index (κ2) is 5.12. The topological polar surface area (TPSA) is 29.1 Å². The molecule has 4 fully saturated rings. The number of hydrogen-bond donors (Lipinski definition) is 1. The van der Waals surface area contributed by atoms with E-state index < -0.39 is 0 Å². The molecule has 5 rings (SSSR count). The Morgan fingerprint density at radius 1 is 1.05 bits per heavy atom. The number of halogens is 1. The molecular formula is C18H22BrNO. The average Bonchev–Trinajstić information content (AvgIpc) is 2.39. The monoisotopic (exact) mass is 347 g/mol. The smallest absolute Gasteiger partial charge is 0.224 e. The molecular weight excluding hydrogens is 326 g/mol. The van der Waals surface area contributed by atoms with Crippen molar-refractivity contribution in [2.24, 2.45) is 23.2 Å². The molecule has 4 saturated carbocycles. The molecule has 3 heteroatoms. The van der Waals surface area contributed by atoms with Crippen molar-refractivity contribution in [3.8, 4) is 0 Å². The summed E-state index contributed by atoms with van der Waals surface area (Å²) < 4.78 is 1.04. The molecule has 4 aliphatic rings. The fourth-order valence-corrected chi connectivity index (χ4v) is 5.85. The molecule has 1 aromatic carbocycles. The van der Waals surface area contributed by atoms with Gasteiger partial charge in [-0.2, -0.15) is 0 Å². The van der Waals surface area contributed by atoms with Gasteiger partial charge in [-0.25, -0.2) is 0 Å². The SMILES string of the molecule is O=C(CC12CC3CC(CC(C3)C1)C2)Nc1ccc(Br)cc1. The molecule has 4 aliphatic carbocycles. The molecule has 0 unspecified atom stereocenters. The van der Waals surface area contributed by atoms with E-state index in [1.807, 2.05) is 24.3 Å². The summed E-state index contributed by atoms with van der Waals surface area (Å²) in [6, 6.07) is 7.87. The number of hydrogen-bond acceptors (Lipinski definition) is 1. The molecule has 21 heavy (non-hydrogen) atoms. The summed E-state index contributed by atoms with van der Waals surface area (Å²) in [5.74, 6) is 2.95. The van der Waals surface area contributed by atoms with Crippen LogP contribution in [-0.4, -0.2) is 5.91 Å². The van der Waals surface area contributed by atoms with Crippen molar-refractivity contribution in [2.75, 3.05) is 5.32 Å². The lowest BCUT2D eigenvalue weighted by molar-refractivity contribution is -0.124. The highest BCUT2D eigenvalue weighted by molar-refractivity contribution is 9.10. The van der Waals surface area contributed by atoms with E-state index in [2.05, 4.69) is 21.2 Å². The predicted octanol–water partition coefficient (Wildman–Crippen LogP) is 4.99. The highest BCUT2D eigenvalue weighted by Gasteiger charge is 2.51. The van der Waals surface area contributed by atoms with Gasteiger partial charge in [0.2, 0.25) is 5.91 Å². The molecule has 0 atom stereocenters. The van der Waals surface area contributed by atoms with Crippen molar-refractivity contribution in [1.29, 1.82) is 0 Å². The third-order valence-corrected chi connectivity index (χ3v) is 6.36. The highest BCUT2D eigenvalue weighted by atomic mass is 79.9. The molecule has 0 saturated heterocycles. The third kappa shape index (κ3) is 2.77. The van der Waals surface area contributed by atoms with Gasteiger partial charge < -0.3 is 5.32 Å². The maximum atomic E-state index is 12.5. The van der Waals surface area contributed by atoms with Crippen molar-refractivity contribution < 1.29 is 4.79 Å². The van der Waals surface area contributed by atoms with E-state index in [0.29, 0.717) is 5.41 Å². The number of benzene rings is 1. The minimum absolute atomic E-state index is 0.208. The minimum atomic E-state index is 0.208. The Bertz CT molecular complexity index is 516. The summed E-state index contributed by atoms with van der Waals surface area (Å²) >= 11 is 3.42. The standard InChI is InChI=1S/C18H22BrNO/c19-15-1-3-16(4-2-15)20-17(21)11-18-8-12-5-13(9-18)7-14(6-12)10-18/h1-4,12-14H,5-11H2,(H,20,21). The lowest BCUT2D eigenvalue weighted by Gasteiger charge is -2.56. The van der Waals surface area contributed by atoms with Gasteiger partial charge in [0.05, 0.1) is 0 Å². The normalized spacial score (nSPS) is 36.7. The van der Waals surface area contributed by atoms with Crippen LogP contribution in [0.25, 0.3) is 0 Å². The molecule has 0 radical (unpaired) electrons. The number of carbonyl (C=O) groups excluding carboxylic acids is 1. The Hall–Kier alpha value is -0.830. The van der Waals surface area contributed by atoms with Crippen LogP contribution in [0, 0.1) is 23.2 Å². The quantitative estimate of drug-likeness (QED) is 0.819. The van der Waals surface area contributed by atoms with Crippen LogP contribution in [0.5, 0.6) is 0 Å². The molecule has 4 bridgehead atoms. The summed E-state index contributed by atoms with van der Waals surface area (Å²) in [4.78, 5) is 12.5. The van der Waals surface area contributed by atoms with Gasteiger partial charge in [0.25, 0.3) is 0 Å². The second-order valence-corrected chi connectivity index (χ2v) is 8.57. The minimum Gasteiger partial charge on any atom is -0.326 e. The van der Waals surface area contributed by atoms with Crippen molar-refractivity contribution in [3.05, 3.63) is 28.7 Å². The number of anilines is 1. The first kappa shape index (κ1) is 13.8. The molecule has 0 aliphatic heterocycles. The van der Waals surface area contributed by atoms with Crippen molar-refractivity contribution in [2.45, 2.75) is 44.9 Å². The van der Waals surface area contributed by atoms with Crippen LogP contribution >= 0.6 is 15.9 Å². The lowest BCUT2D eigenvalue weighted by atomic mass is 9.49. The van der Waals surface area contributed by atoms with Crippen LogP contribution in [0.2, 0.25) is 0 Å². The number of carbonyl (C=O) groups is 1. The summed E-state index contributed by atoms with van der Waals surface area (Å²) in [5.41, 5.74) is 1.24. The van der Waals surface area contributed by atoms with E-state index in [1.54, 1.807) is 0 Å². The van der Waals surface area contributed by atoms with E-state index >= 15 is 0 Å². The van der Waals surface area contributed by atoms with E-state index in [9.17, 15) is 4.79 Å². The van der Waals surface area contributed by atoms with Crippen molar-refractivity contribution in [1.82, 2.24) is 0 Å². The Balaban J connectivity index is 1.43. The zero-order valence-electron chi connectivity index (χ0n) is 12.3. The van der Waals surface area contributed by atoms with Crippen molar-refractivity contribution in [3.63, 3.8) is 0 Å². The average molecular weight is 348 g/mol. The van der Waals surface area contributed by atoms with Gasteiger partial charge >= 0.3 is 0 Å². The van der Waals surface area contributed by atoms with Crippen LogP contribution in [0.15, 0.2) is 28.7 Å². The lowest BCUT2D eigenvalue weighted by Crippen LogP contribution is -2.47. The van der Waals surface area contributed by atoms with E-state index in [1.165, 1.54) is 38.5 Å². The van der Waals surface area contributed by atoms with Crippen LogP contribution in [-0.2, 0) is 4.79 Å². The summed E-state index contributed by atoms with van der Waals surface area (Å²) in [6.07, 6.45) is 8.94. The Morgan fingerprint density at radius 3 is 2.10 bits per heavy atom. The zero-order chi connectivity index (χ0) is 14.4. The number of rotatable bonds is 3. The maximum Gasteiger partial charge on any atom is 0.224 e. The molecule has 2 nitrogen and oxygen atoms in total. The predicted molar refractivity (Wildman–Crippen MR) is 88.0 cm³/mol. The van der Waals surface area contributed by atoms with Crippen LogP contribution < -0.4 is 5.32 Å². The first-order chi connectivity index (χ1) is 10.1. The number of amides is 1. The Labute approximate surface area is 134 Å². The van der Waals surface area contributed by atoms with Gasteiger partial charge in [0.15, 0.2) is 0 Å². The zero-order valence-corrected chi connectivity index (χ0v) is 13.9. The molecule has 1 aromatic rings. The van der Waals surface area contributed by atoms with E-state index in [0.717, 1.165) is 34.3 Å². The van der Waals surface area contributed by atoms with Crippen LogP contribution in [0.4, 0.5) is 5.69 Å². The van der Waals surface area contributed by atoms with Crippen LogP contribution in [0.3, 0.4) is 0 Å². The molecule has 1 N–H and O–H groups in total. The fraction of sp³-hybridized carbons (Fsp3) is 0.611. The Kier molecular flexibility index (Phi) is 3.36. The highest BCUT2D eigenvalue weighted by Crippen LogP contribution is 2.61. The van der Waals surface area contributed by atoms with Gasteiger partial charge in [0.1, 0.15) is 0 Å². The Morgan fingerprint density at radius 2 is 1.57 bits per heavy atom. The molecule has 0 heterocycles. The summed E-state index contributed by atoms with van der Waals surface area (Å²) in [6.45, 7) is 0. The summed E-state index contributed by atoms with van der Waals surface area (Å²) in [7, 11) is 0. The van der Waals surface area contributed by atoms with Gasteiger partial charge in [-0.05, 0) is 86.0 Å². The van der Waals surface area contributed by atoms with E-state index in [-0.39, 0.29) is 5.91 Å². The molecule has 112 valence electrons. The fourth-order valence-electron chi connectivity index (χ4n) is 5.59. The van der Waals surface area contributed by atoms with Gasteiger partial charge in [0, 0.05) is 16.6 Å². The summed E-state index contributed by atoms with van der Waals surface area (Å²) in [5, 5.41) is 3.08. The second-order valence-electron chi connectivity index (χ2n) is 7.65. The van der Waals surface area contributed by atoms with Gasteiger partial charge in [-0.3, -0.25) is 4.79 Å². The first-order valence-corrected chi connectivity index (χ1v) is 8.95. The van der Waals surface area contributed by atoms with Crippen LogP contribution in [0.1, 0.15) is 44.9 Å². The first-order valence-electron chi connectivity index (χ1n) is 8.16. The largest absolute Gasteiger partial charge is 0.326 e. The van der Waals surface area contributed by atoms with Crippen molar-refractivity contribution >= 4 is 27.5 Å². The molecule has 0 spiro atoms. The van der Waals surface area contributed by atoms with E-state index in [4.69, 9.17) is 0 Å². The van der Waals surface area contributed by atoms with Gasteiger partial charge in [-0.1, -0.05) is 15.9 Å². The maximum absolute atomic E-state index is 12.5. The molecule has 1 amide bonds. The number of nitrogens with one attached hydrogen (secondary N) is 1. The third-order valence-electron chi connectivity index (χ3n) is 5.83. The van der Waals surface area contributed by atoms with Gasteiger partial charge in [-0.15, -0.1) is 0 Å².